The first-order valence-corrected chi connectivity index (χ1v) is 7.30. The Bertz CT molecular complexity index is 629. The quantitative estimate of drug-likeness (QED) is 0.915. The molecular formula is C16H20N4O. The van der Waals surface area contributed by atoms with E-state index in [-0.39, 0.29) is 0 Å². The minimum Gasteiger partial charge on any atom is -0.374 e. The van der Waals surface area contributed by atoms with E-state index in [0.717, 1.165) is 24.6 Å². The average molecular weight is 284 g/mol. The van der Waals surface area contributed by atoms with Gasteiger partial charge in [0.15, 0.2) is 5.82 Å². The Balaban J connectivity index is 1.95. The van der Waals surface area contributed by atoms with Crippen LogP contribution >= 0.6 is 0 Å². The molecule has 0 fully saturated rings. The Labute approximate surface area is 125 Å². The molecule has 0 unspecified atom stereocenters. The highest BCUT2D eigenvalue weighted by atomic mass is 16.5. The molecule has 0 amide bonds. The number of fused-ring (bicyclic) bond motifs is 1. The van der Waals surface area contributed by atoms with Gasteiger partial charge < -0.3 is 15.0 Å². The third-order valence-electron chi connectivity index (χ3n) is 3.61. The van der Waals surface area contributed by atoms with Crippen LogP contribution in [0.2, 0.25) is 0 Å². The Morgan fingerprint density at radius 1 is 1.29 bits per heavy atom. The second-order valence-electron chi connectivity index (χ2n) is 4.95. The normalized spacial score (nSPS) is 13.3. The number of benzene rings is 1. The van der Waals surface area contributed by atoms with Gasteiger partial charge in [-0.1, -0.05) is 18.2 Å². The molecule has 2 aromatic rings. The Morgan fingerprint density at radius 3 is 2.95 bits per heavy atom. The van der Waals surface area contributed by atoms with Crippen LogP contribution in [0.3, 0.4) is 0 Å². The molecule has 1 aliphatic heterocycles. The summed E-state index contributed by atoms with van der Waals surface area (Å²) in [6.07, 6.45) is 1.05. The van der Waals surface area contributed by atoms with Crippen molar-refractivity contribution >= 4 is 17.3 Å². The molecule has 2 heterocycles. The lowest BCUT2D eigenvalue weighted by Gasteiger charge is -2.19. The summed E-state index contributed by atoms with van der Waals surface area (Å²) in [6.45, 7) is 4.02. The van der Waals surface area contributed by atoms with Crippen molar-refractivity contribution in [3.05, 3.63) is 41.7 Å². The fourth-order valence-electron chi connectivity index (χ4n) is 2.58. The van der Waals surface area contributed by atoms with E-state index in [9.17, 15) is 0 Å². The van der Waals surface area contributed by atoms with Crippen molar-refractivity contribution in [1.82, 2.24) is 9.97 Å². The lowest BCUT2D eigenvalue weighted by molar-refractivity contribution is 0.128. The second kappa shape index (κ2) is 6.10. The SMILES string of the molecule is CCOCc1nc(NC)cc(N2CCc3ccccc32)n1. The van der Waals surface area contributed by atoms with E-state index < -0.39 is 0 Å². The van der Waals surface area contributed by atoms with Gasteiger partial charge in [0.25, 0.3) is 0 Å². The molecule has 21 heavy (non-hydrogen) atoms. The first kappa shape index (κ1) is 13.8. The summed E-state index contributed by atoms with van der Waals surface area (Å²) < 4.78 is 5.43. The number of hydrogen-bond donors (Lipinski definition) is 1. The molecule has 0 atom stereocenters. The van der Waals surface area contributed by atoms with E-state index in [1.807, 2.05) is 20.0 Å². The van der Waals surface area contributed by atoms with Gasteiger partial charge in [-0.2, -0.15) is 0 Å². The number of aromatic nitrogens is 2. The minimum absolute atomic E-state index is 0.439. The maximum absolute atomic E-state index is 5.43. The monoisotopic (exact) mass is 284 g/mol. The van der Waals surface area contributed by atoms with Gasteiger partial charge >= 0.3 is 0 Å². The average Bonchev–Trinajstić information content (AvgIpc) is 2.96. The molecule has 5 heteroatoms. The maximum atomic E-state index is 5.43. The van der Waals surface area contributed by atoms with E-state index in [1.54, 1.807) is 0 Å². The standard InChI is InChI=1S/C16H20N4O/c1-3-21-11-15-18-14(17-2)10-16(19-15)20-9-8-12-6-4-5-7-13(12)20/h4-7,10H,3,8-9,11H2,1-2H3,(H,17,18,19). The lowest BCUT2D eigenvalue weighted by Crippen LogP contribution is -2.17. The van der Waals surface area contributed by atoms with Crippen molar-refractivity contribution < 1.29 is 4.74 Å². The van der Waals surface area contributed by atoms with E-state index in [1.165, 1.54) is 11.3 Å². The van der Waals surface area contributed by atoms with Crippen molar-refractivity contribution in [3.8, 4) is 0 Å². The number of rotatable bonds is 5. The Hall–Kier alpha value is -2.14. The van der Waals surface area contributed by atoms with E-state index in [2.05, 4.69) is 44.5 Å². The second-order valence-corrected chi connectivity index (χ2v) is 4.95. The molecule has 1 aromatic heterocycles. The van der Waals surface area contributed by atoms with Crippen molar-refractivity contribution in [2.24, 2.45) is 0 Å². The van der Waals surface area contributed by atoms with Gasteiger partial charge in [0, 0.05) is 32.0 Å². The van der Waals surface area contributed by atoms with Gasteiger partial charge in [0.05, 0.1) is 0 Å². The number of hydrogen-bond acceptors (Lipinski definition) is 5. The molecule has 1 aromatic carbocycles. The summed E-state index contributed by atoms with van der Waals surface area (Å²) in [5.74, 6) is 2.45. The number of anilines is 3. The van der Waals surface area contributed by atoms with Crippen LogP contribution in [0.4, 0.5) is 17.3 Å². The van der Waals surface area contributed by atoms with Crippen LogP contribution in [0.15, 0.2) is 30.3 Å². The molecular weight excluding hydrogens is 264 g/mol. The highest BCUT2D eigenvalue weighted by Gasteiger charge is 2.21. The summed E-state index contributed by atoms with van der Waals surface area (Å²) in [4.78, 5) is 11.3. The number of ether oxygens (including phenoxy) is 1. The van der Waals surface area contributed by atoms with Crippen LogP contribution < -0.4 is 10.2 Å². The fourth-order valence-corrected chi connectivity index (χ4v) is 2.58. The molecule has 1 aliphatic rings. The topological polar surface area (TPSA) is 50.3 Å². The molecule has 1 N–H and O–H groups in total. The molecule has 0 spiro atoms. The zero-order valence-electron chi connectivity index (χ0n) is 12.5. The first-order valence-electron chi connectivity index (χ1n) is 7.30. The lowest BCUT2D eigenvalue weighted by atomic mass is 10.2. The van der Waals surface area contributed by atoms with Gasteiger partial charge in [-0.25, -0.2) is 9.97 Å². The van der Waals surface area contributed by atoms with Crippen molar-refractivity contribution in [3.63, 3.8) is 0 Å². The molecule has 0 radical (unpaired) electrons. The van der Waals surface area contributed by atoms with Crippen LogP contribution in [0.1, 0.15) is 18.3 Å². The van der Waals surface area contributed by atoms with Crippen LogP contribution in [0, 0.1) is 0 Å². The van der Waals surface area contributed by atoms with Gasteiger partial charge in [-0.15, -0.1) is 0 Å². The Kier molecular flexibility index (Phi) is 4.01. The summed E-state index contributed by atoms with van der Waals surface area (Å²) >= 11 is 0. The molecule has 110 valence electrons. The zero-order chi connectivity index (χ0) is 14.7. The Morgan fingerprint density at radius 2 is 2.14 bits per heavy atom. The smallest absolute Gasteiger partial charge is 0.158 e. The highest BCUT2D eigenvalue weighted by molar-refractivity contribution is 5.68. The van der Waals surface area contributed by atoms with Crippen LogP contribution in [-0.4, -0.2) is 30.2 Å². The first-order chi connectivity index (χ1) is 10.3. The van der Waals surface area contributed by atoms with Crippen molar-refractivity contribution in [1.29, 1.82) is 0 Å². The maximum Gasteiger partial charge on any atom is 0.158 e. The van der Waals surface area contributed by atoms with E-state index in [4.69, 9.17) is 4.74 Å². The summed E-state index contributed by atoms with van der Waals surface area (Å²) in [5.41, 5.74) is 2.61. The summed E-state index contributed by atoms with van der Waals surface area (Å²) in [6, 6.07) is 10.5. The zero-order valence-corrected chi connectivity index (χ0v) is 12.5. The van der Waals surface area contributed by atoms with Crippen molar-refractivity contribution in [2.45, 2.75) is 20.0 Å². The van der Waals surface area contributed by atoms with E-state index >= 15 is 0 Å². The van der Waals surface area contributed by atoms with Gasteiger partial charge in [-0.3, -0.25) is 0 Å². The molecule has 5 nitrogen and oxygen atoms in total. The van der Waals surface area contributed by atoms with Crippen LogP contribution in [0.25, 0.3) is 0 Å². The fraction of sp³-hybridized carbons (Fsp3) is 0.375. The molecule has 0 saturated heterocycles. The molecule has 0 saturated carbocycles. The predicted octanol–water partition coefficient (Wildman–Crippen LogP) is 2.75. The largest absolute Gasteiger partial charge is 0.374 e. The van der Waals surface area contributed by atoms with E-state index in [0.29, 0.717) is 19.0 Å². The number of nitrogens with one attached hydrogen (secondary N) is 1. The predicted molar refractivity (Wildman–Crippen MR) is 84.1 cm³/mol. The van der Waals surface area contributed by atoms with Gasteiger partial charge in [0.2, 0.25) is 0 Å². The van der Waals surface area contributed by atoms with Crippen LogP contribution in [-0.2, 0) is 17.8 Å². The van der Waals surface area contributed by atoms with Crippen LogP contribution in [0.5, 0.6) is 0 Å². The third kappa shape index (κ3) is 2.83. The number of para-hydroxylation sites is 1. The molecule has 3 rings (SSSR count). The van der Waals surface area contributed by atoms with Gasteiger partial charge in [0.1, 0.15) is 18.2 Å². The summed E-state index contributed by atoms with van der Waals surface area (Å²) in [7, 11) is 1.87. The highest BCUT2D eigenvalue weighted by Crippen LogP contribution is 2.33. The number of nitrogens with zero attached hydrogens (tertiary/aromatic N) is 3. The summed E-state index contributed by atoms with van der Waals surface area (Å²) in [5, 5.41) is 3.10. The van der Waals surface area contributed by atoms with Crippen molar-refractivity contribution in [2.75, 3.05) is 30.4 Å². The molecule has 0 aliphatic carbocycles. The minimum atomic E-state index is 0.439. The molecule has 0 bridgehead atoms. The third-order valence-corrected chi connectivity index (χ3v) is 3.61. The van der Waals surface area contributed by atoms with Gasteiger partial charge in [-0.05, 0) is 25.0 Å².